The van der Waals surface area contributed by atoms with Gasteiger partial charge in [0.25, 0.3) is 11.8 Å². The largest absolute Gasteiger partial charge is 0.356 e. The van der Waals surface area contributed by atoms with Crippen LogP contribution in [0.2, 0.25) is 0 Å². The summed E-state index contributed by atoms with van der Waals surface area (Å²) in [5, 5.41) is 4.03. The molecule has 0 spiro atoms. The van der Waals surface area contributed by atoms with Gasteiger partial charge in [0.1, 0.15) is 12.1 Å². The predicted molar refractivity (Wildman–Crippen MR) is 162 cm³/mol. The van der Waals surface area contributed by atoms with Crippen LogP contribution in [0.1, 0.15) is 44.3 Å². The molecule has 1 aromatic heterocycles. The summed E-state index contributed by atoms with van der Waals surface area (Å²) in [5.41, 5.74) is 6.67. The number of fused-ring (bicyclic) bond motifs is 4. The Morgan fingerprint density at radius 1 is 0.881 bits per heavy atom. The number of hydrogen-bond donors (Lipinski definition) is 2. The van der Waals surface area contributed by atoms with Crippen molar-refractivity contribution >= 4 is 34.4 Å². The van der Waals surface area contributed by atoms with Crippen LogP contribution in [-0.4, -0.2) is 40.3 Å². The minimum atomic E-state index is -0.692. The minimum absolute atomic E-state index is 0.295. The molecule has 0 radical (unpaired) electrons. The Morgan fingerprint density at radius 3 is 2.43 bits per heavy atom. The first-order valence-electron chi connectivity index (χ1n) is 14.3. The summed E-state index contributed by atoms with van der Waals surface area (Å²) in [5.74, 6) is -0.641. The molecular weight excluding hydrogens is 524 g/mol. The zero-order chi connectivity index (χ0) is 28.8. The van der Waals surface area contributed by atoms with Gasteiger partial charge in [-0.2, -0.15) is 0 Å². The minimum Gasteiger partial charge on any atom is -0.356 e. The molecular formula is C35H30N4O3. The molecule has 2 N–H and O–H groups in total. The highest BCUT2D eigenvalue weighted by Crippen LogP contribution is 2.45. The molecule has 208 valence electrons. The fraction of sp³-hybridized carbons (Fsp3) is 0.171. The summed E-state index contributed by atoms with van der Waals surface area (Å²) in [7, 11) is 0. The molecule has 2 aliphatic heterocycles. The van der Waals surface area contributed by atoms with Gasteiger partial charge in [-0.3, -0.25) is 14.5 Å². The van der Waals surface area contributed by atoms with Crippen molar-refractivity contribution in [2.75, 3.05) is 11.4 Å². The van der Waals surface area contributed by atoms with Crippen LogP contribution in [0.4, 0.5) is 10.5 Å². The number of carbonyl (C=O) groups is 3. The smallest absolute Gasteiger partial charge is 0.332 e. The molecule has 7 rings (SSSR count). The molecule has 42 heavy (non-hydrogen) atoms. The van der Waals surface area contributed by atoms with Crippen molar-refractivity contribution in [1.29, 1.82) is 0 Å². The van der Waals surface area contributed by atoms with Crippen LogP contribution in [0.3, 0.4) is 0 Å². The lowest BCUT2D eigenvalue weighted by Crippen LogP contribution is -2.44. The van der Waals surface area contributed by atoms with Crippen LogP contribution >= 0.6 is 0 Å². The van der Waals surface area contributed by atoms with Gasteiger partial charge >= 0.3 is 6.03 Å². The molecule has 4 amide bonds. The number of benzene rings is 4. The van der Waals surface area contributed by atoms with E-state index in [1.54, 1.807) is 29.2 Å². The van der Waals surface area contributed by atoms with Crippen LogP contribution in [0.15, 0.2) is 103 Å². The third-order valence-corrected chi connectivity index (χ3v) is 8.46. The van der Waals surface area contributed by atoms with E-state index in [0.29, 0.717) is 30.6 Å². The summed E-state index contributed by atoms with van der Waals surface area (Å²) in [6.45, 7) is 2.46. The molecule has 2 aliphatic rings. The van der Waals surface area contributed by atoms with Crippen LogP contribution in [0.25, 0.3) is 10.9 Å². The molecule has 7 heteroatoms. The number of nitrogens with one attached hydrogen (secondary N) is 2. The zero-order valence-corrected chi connectivity index (χ0v) is 23.2. The van der Waals surface area contributed by atoms with Gasteiger partial charge in [0.15, 0.2) is 0 Å². The van der Waals surface area contributed by atoms with Crippen molar-refractivity contribution < 1.29 is 14.4 Å². The number of amides is 4. The molecule has 7 nitrogen and oxygen atoms in total. The summed E-state index contributed by atoms with van der Waals surface area (Å²) in [6.07, 6.45) is 1.07. The Bertz CT molecular complexity index is 1840. The Labute approximate surface area is 243 Å². The van der Waals surface area contributed by atoms with E-state index in [4.69, 9.17) is 0 Å². The highest BCUT2D eigenvalue weighted by molar-refractivity contribution is 6.24. The van der Waals surface area contributed by atoms with Crippen molar-refractivity contribution in [3.05, 3.63) is 137 Å². The van der Waals surface area contributed by atoms with Gasteiger partial charge in [-0.15, -0.1) is 0 Å². The van der Waals surface area contributed by atoms with E-state index < -0.39 is 18.1 Å². The number of anilines is 1. The summed E-state index contributed by atoms with van der Waals surface area (Å²) >= 11 is 0. The molecule has 0 aliphatic carbocycles. The molecule has 1 fully saturated rings. The molecule has 0 bridgehead atoms. The van der Waals surface area contributed by atoms with Crippen molar-refractivity contribution in [3.8, 4) is 0 Å². The van der Waals surface area contributed by atoms with E-state index in [-0.39, 0.29) is 11.8 Å². The van der Waals surface area contributed by atoms with E-state index in [9.17, 15) is 14.4 Å². The highest BCUT2D eigenvalue weighted by Gasteiger charge is 2.53. The molecule has 5 aromatic rings. The Hall–Kier alpha value is -5.17. The van der Waals surface area contributed by atoms with Crippen LogP contribution < -0.4 is 10.2 Å². The topological polar surface area (TPSA) is 85.5 Å². The quantitative estimate of drug-likeness (QED) is 0.255. The number of nitrogens with zero attached hydrogens (tertiary/aromatic N) is 2. The van der Waals surface area contributed by atoms with E-state index in [1.165, 1.54) is 4.90 Å². The third-order valence-electron chi connectivity index (χ3n) is 8.46. The number of aryl methyl sites for hydroxylation is 1. The number of rotatable bonds is 6. The van der Waals surface area contributed by atoms with E-state index in [0.717, 1.165) is 38.9 Å². The van der Waals surface area contributed by atoms with Crippen LogP contribution in [0.5, 0.6) is 0 Å². The van der Waals surface area contributed by atoms with E-state index in [2.05, 4.69) is 16.4 Å². The number of H-pyrrole nitrogens is 1. The standard InChI is InChI=1S/C35H30N4O3/c1-22-11-5-6-14-24(22)32-31-27(25-15-7-9-17-28(25)37-31)21-30-34(41)39(35(42)38(30)32)29-18-10-8-16-26(29)33(40)36-20-19-23-12-3-2-4-13-23/h2-18,30,32,37H,19-21H2,1H3,(H,36,40). The normalized spacial score (nSPS) is 17.8. The second-order valence-corrected chi connectivity index (χ2v) is 10.9. The van der Waals surface area contributed by atoms with Gasteiger partial charge in [-0.05, 0) is 53.8 Å². The van der Waals surface area contributed by atoms with E-state index in [1.807, 2.05) is 79.7 Å². The number of hydrogen-bond acceptors (Lipinski definition) is 3. The summed E-state index contributed by atoms with van der Waals surface area (Å²) in [6, 6.07) is 31.2. The fourth-order valence-electron chi connectivity index (χ4n) is 6.44. The number of urea groups is 1. The van der Waals surface area contributed by atoms with Gasteiger partial charge < -0.3 is 10.3 Å². The fourth-order valence-corrected chi connectivity index (χ4v) is 6.44. The maximum atomic E-state index is 14.3. The molecule has 4 aromatic carbocycles. The number of imide groups is 1. The first kappa shape index (κ1) is 25.8. The number of aromatic amines is 1. The van der Waals surface area contributed by atoms with Crippen molar-refractivity contribution in [1.82, 2.24) is 15.2 Å². The lowest BCUT2D eigenvalue weighted by molar-refractivity contribution is -0.120. The highest BCUT2D eigenvalue weighted by atomic mass is 16.2. The van der Waals surface area contributed by atoms with Crippen LogP contribution in [-0.2, 0) is 17.6 Å². The molecule has 2 atom stereocenters. The maximum Gasteiger partial charge on any atom is 0.332 e. The van der Waals surface area contributed by atoms with Gasteiger partial charge in [0.2, 0.25) is 0 Å². The van der Waals surface area contributed by atoms with Crippen molar-refractivity contribution in [2.45, 2.75) is 31.8 Å². The van der Waals surface area contributed by atoms with E-state index >= 15 is 0 Å². The first-order chi connectivity index (χ1) is 20.5. The monoisotopic (exact) mass is 554 g/mol. The third kappa shape index (κ3) is 4.16. The molecule has 1 saturated heterocycles. The molecule has 0 saturated carbocycles. The Kier molecular flexibility index (Phi) is 6.35. The molecule has 2 unspecified atom stereocenters. The predicted octanol–water partition coefficient (Wildman–Crippen LogP) is 5.93. The first-order valence-corrected chi connectivity index (χ1v) is 14.3. The lowest BCUT2D eigenvalue weighted by atomic mass is 9.87. The van der Waals surface area contributed by atoms with Crippen LogP contribution in [0, 0.1) is 6.92 Å². The van der Waals surface area contributed by atoms with Crippen molar-refractivity contribution in [2.24, 2.45) is 0 Å². The number of aromatic nitrogens is 1. The lowest BCUT2D eigenvalue weighted by Gasteiger charge is -2.36. The second-order valence-electron chi connectivity index (χ2n) is 10.9. The Balaban J connectivity index is 1.26. The zero-order valence-electron chi connectivity index (χ0n) is 23.2. The van der Waals surface area contributed by atoms with Gasteiger partial charge in [-0.1, -0.05) is 84.9 Å². The van der Waals surface area contributed by atoms with Crippen molar-refractivity contribution in [3.63, 3.8) is 0 Å². The average molecular weight is 555 g/mol. The second kappa shape index (κ2) is 10.3. The average Bonchev–Trinajstić information content (AvgIpc) is 3.51. The SMILES string of the molecule is Cc1ccccc1C1c2[nH]c3ccccc3c2CC2C(=O)N(c3ccccc3C(=O)NCCc3ccccc3)C(=O)N21. The Morgan fingerprint density at radius 2 is 1.60 bits per heavy atom. The number of carbonyl (C=O) groups excluding carboxylic acids is 3. The maximum absolute atomic E-state index is 14.3. The van der Waals surface area contributed by atoms with Gasteiger partial charge in [0, 0.05) is 29.6 Å². The van der Waals surface area contributed by atoms with Gasteiger partial charge in [-0.25, -0.2) is 9.69 Å². The summed E-state index contributed by atoms with van der Waals surface area (Å²) < 4.78 is 0. The van der Waals surface area contributed by atoms with Gasteiger partial charge in [0.05, 0.1) is 11.3 Å². The summed E-state index contributed by atoms with van der Waals surface area (Å²) in [4.78, 5) is 48.4. The number of para-hydroxylation sites is 2. The molecule has 3 heterocycles.